The van der Waals surface area contributed by atoms with Crippen LogP contribution < -0.4 is 0 Å². The molecule has 1 aromatic carbocycles. The molecule has 1 rings (SSSR count). The van der Waals surface area contributed by atoms with E-state index >= 15 is 0 Å². The van der Waals surface area contributed by atoms with Crippen LogP contribution in [0.15, 0.2) is 24.3 Å². The minimum atomic E-state index is 0.112. The Hall–Kier alpha value is -1.31. The molecule has 0 radical (unpaired) electrons. The highest BCUT2D eigenvalue weighted by atomic mass is 16.2. The van der Waals surface area contributed by atoms with Crippen molar-refractivity contribution in [3.63, 3.8) is 0 Å². The second kappa shape index (κ2) is 5.69. The highest BCUT2D eigenvalue weighted by Crippen LogP contribution is 2.08. The summed E-state index contributed by atoms with van der Waals surface area (Å²) in [7, 11) is 1.87. The molecule has 0 N–H and O–H groups in total. The second-order valence-corrected chi connectivity index (χ2v) is 4.78. The van der Waals surface area contributed by atoms with E-state index in [9.17, 15) is 4.79 Å². The number of amides is 1. The van der Waals surface area contributed by atoms with Crippen LogP contribution in [0.2, 0.25) is 0 Å². The van der Waals surface area contributed by atoms with Gasteiger partial charge in [-0.3, -0.25) is 4.79 Å². The lowest BCUT2D eigenvalue weighted by Crippen LogP contribution is -2.28. The molecule has 0 saturated carbocycles. The number of rotatable bonds is 4. The lowest BCUT2D eigenvalue weighted by atomic mass is 10.1. The highest BCUT2D eigenvalue weighted by molar-refractivity contribution is 5.94. The maximum atomic E-state index is 12.0. The van der Waals surface area contributed by atoms with E-state index in [1.807, 2.05) is 38.2 Å². The van der Waals surface area contributed by atoms with Crippen molar-refractivity contribution in [3.8, 4) is 0 Å². The Labute approximate surface area is 98.3 Å². The van der Waals surface area contributed by atoms with Crippen molar-refractivity contribution in [1.82, 2.24) is 4.90 Å². The smallest absolute Gasteiger partial charge is 0.253 e. The van der Waals surface area contributed by atoms with Crippen LogP contribution in [0.25, 0.3) is 0 Å². The number of benzene rings is 1. The molecule has 1 aromatic rings. The molecule has 0 bridgehead atoms. The van der Waals surface area contributed by atoms with Crippen molar-refractivity contribution in [1.29, 1.82) is 0 Å². The molecule has 1 amide bonds. The molecule has 0 unspecified atom stereocenters. The number of carbonyl (C=O) groups excluding carboxylic acids is 1. The molecular weight excluding hydrogens is 198 g/mol. The maximum absolute atomic E-state index is 12.0. The standard InChI is InChI=1S/C14H21NO/c1-11(2)9-10-15(4)14(16)13-7-5-12(3)6-8-13/h5-8,11H,9-10H2,1-4H3. The Morgan fingerprint density at radius 3 is 2.31 bits per heavy atom. The molecule has 0 aliphatic carbocycles. The topological polar surface area (TPSA) is 20.3 Å². The average Bonchev–Trinajstić information content (AvgIpc) is 2.26. The summed E-state index contributed by atoms with van der Waals surface area (Å²) in [5, 5.41) is 0. The van der Waals surface area contributed by atoms with Gasteiger partial charge in [0, 0.05) is 19.2 Å². The maximum Gasteiger partial charge on any atom is 0.253 e. The molecule has 0 heterocycles. The fourth-order valence-electron chi connectivity index (χ4n) is 1.47. The third-order valence-corrected chi connectivity index (χ3v) is 2.69. The van der Waals surface area contributed by atoms with Crippen molar-refractivity contribution in [2.24, 2.45) is 5.92 Å². The van der Waals surface area contributed by atoms with E-state index in [2.05, 4.69) is 13.8 Å². The molecule has 0 saturated heterocycles. The molecule has 0 spiro atoms. The molecular formula is C14H21NO. The normalized spacial score (nSPS) is 10.6. The van der Waals surface area contributed by atoms with Crippen molar-refractivity contribution in [2.75, 3.05) is 13.6 Å². The Bertz CT molecular complexity index is 340. The minimum absolute atomic E-state index is 0.112. The molecule has 2 nitrogen and oxygen atoms in total. The van der Waals surface area contributed by atoms with Gasteiger partial charge in [-0.2, -0.15) is 0 Å². The zero-order chi connectivity index (χ0) is 12.1. The Morgan fingerprint density at radius 1 is 1.25 bits per heavy atom. The van der Waals surface area contributed by atoms with Gasteiger partial charge in [0.2, 0.25) is 0 Å². The SMILES string of the molecule is Cc1ccc(C(=O)N(C)CCC(C)C)cc1. The molecule has 0 fully saturated rings. The fourth-order valence-corrected chi connectivity index (χ4v) is 1.47. The van der Waals surface area contributed by atoms with E-state index in [1.165, 1.54) is 5.56 Å². The van der Waals surface area contributed by atoms with E-state index in [0.717, 1.165) is 18.5 Å². The van der Waals surface area contributed by atoms with Gasteiger partial charge < -0.3 is 4.90 Å². The van der Waals surface area contributed by atoms with E-state index < -0.39 is 0 Å². The number of nitrogens with zero attached hydrogens (tertiary/aromatic N) is 1. The largest absolute Gasteiger partial charge is 0.342 e. The first kappa shape index (κ1) is 12.8. The van der Waals surface area contributed by atoms with E-state index in [4.69, 9.17) is 0 Å². The quantitative estimate of drug-likeness (QED) is 0.762. The van der Waals surface area contributed by atoms with Gasteiger partial charge in [-0.1, -0.05) is 31.5 Å². The summed E-state index contributed by atoms with van der Waals surface area (Å²) in [6.45, 7) is 7.19. The highest BCUT2D eigenvalue weighted by Gasteiger charge is 2.11. The minimum Gasteiger partial charge on any atom is -0.342 e. The summed E-state index contributed by atoms with van der Waals surface area (Å²) in [4.78, 5) is 13.8. The molecule has 0 aliphatic rings. The van der Waals surface area contributed by atoms with Crippen LogP contribution in [0.5, 0.6) is 0 Å². The van der Waals surface area contributed by atoms with E-state index in [1.54, 1.807) is 4.90 Å². The predicted molar refractivity (Wildman–Crippen MR) is 67.6 cm³/mol. The summed E-state index contributed by atoms with van der Waals surface area (Å²) in [5.74, 6) is 0.744. The van der Waals surface area contributed by atoms with Crippen molar-refractivity contribution in [3.05, 3.63) is 35.4 Å². The van der Waals surface area contributed by atoms with Crippen molar-refractivity contribution < 1.29 is 4.79 Å². The molecule has 0 aromatic heterocycles. The zero-order valence-corrected chi connectivity index (χ0v) is 10.7. The molecule has 0 aliphatic heterocycles. The van der Waals surface area contributed by atoms with Crippen LogP contribution in [-0.2, 0) is 0 Å². The summed E-state index contributed by atoms with van der Waals surface area (Å²) < 4.78 is 0. The first-order chi connectivity index (χ1) is 7.50. The molecule has 2 heteroatoms. The van der Waals surface area contributed by atoms with Crippen LogP contribution in [0.4, 0.5) is 0 Å². The van der Waals surface area contributed by atoms with E-state index in [-0.39, 0.29) is 5.91 Å². The third kappa shape index (κ3) is 3.69. The monoisotopic (exact) mass is 219 g/mol. The van der Waals surface area contributed by atoms with Crippen molar-refractivity contribution >= 4 is 5.91 Å². The Morgan fingerprint density at radius 2 is 1.81 bits per heavy atom. The number of aryl methyl sites for hydroxylation is 1. The lowest BCUT2D eigenvalue weighted by molar-refractivity contribution is 0.0789. The zero-order valence-electron chi connectivity index (χ0n) is 10.7. The van der Waals surface area contributed by atoms with Crippen LogP contribution in [0.1, 0.15) is 36.2 Å². The van der Waals surface area contributed by atoms with Crippen LogP contribution in [-0.4, -0.2) is 24.4 Å². The van der Waals surface area contributed by atoms with Crippen molar-refractivity contribution in [2.45, 2.75) is 27.2 Å². The second-order valence-electron chi connectivity index (χ2n) is 4.78. The van der Waals surface area contributed by atoms with Gasteiger partial charge in [-0.05, 0) is 31.4 Å². The number of hydrogen-bond donors (Lipinski definition) is 0. The van der Waals surface area contributed by atoms with Crippen LogP contribution in [0, 0.1) is 12.8 Å². The lowest BCUT2D eigenvalue weighted by Gasteiger charge is -2.18. The summed E-state index contributed by atoms with van der Waals surface area (Å²) >= 11 is 0. The van der Waals surface area contributed by atoms with E-state index in [0.29, 0.717) is 5.92 Å². The summed E-state index contributed by atoms with van der Waals surface area (Å²) in [5.41, 5.74) is 1.96. The van der Waals surface area contributed by atoms with Gasteiger partial charge >= 0.3 is 0 Å². The predicted octanol–water partition coefficient (Wildman–Crippen LogP) is 3.11. The summed E-state index contributed by atoms with van der Waals surface area (Å²) in [6, 6.07) is 7.74. The van der Waals surface area contributed by atoms with Gasteiger partial charge in [0.25, 0.3) is 5.91 Å². The number of carbonyl (C=O) groups is 1. The van der Waals surface area contributed by atoms with Crippen LogP contribution in [0.3, 0.4) is 0 Å². The molecule has 16 heavy (non-hydrogen) atoms. The Balaban J connectivity index is 2.60. The average molecular weight is 219 g/mol. The fraction of sp³-hybridized carbons (Fsp3) is 0.500. The van der Waals surface area contributed by atoms with Gasteiger partial charge in [0.1, 0.15) is 0 Å². The number of hydrogen-bond acceptors (Lipinski definition) is 1. The molecule has 88 valence electrons. The van der Waals surface area contributed by atoms with Gasteiger partial charge in [0.05, 0.1) is 0 Å². The van der Waals surface area contributed by atoms with Gasteiger partial charge in [-0.25, -0.2) is 0 Å². The molecule has 0 atom stereocenters. The van der Waals surface area contributed by atoms with Gasteiger partial charge in [0.15, 0.2) is 0 Å². The summed E-state index contributed by atoms with van der Waals surface area (Å²) in [6.07, 6.45) is 1.05. The first-order valence-electron chi connectivity index (χ1n) is 5.83. The Kier molecular flexibility index (Phi) is 4.53. The first-order valence-corrected chi connectivity index (χ1v) is 5.83. The third-order valence-electron chi connectivity index (χ3n) is 2.69. The van der Waals surface area contributed by atoms with Gasteiger partial charge in [-0.15, -0.1) is 0 Å². The van der Waals surface area contributed by atoms with Crippen LogP contribution >= 0.6 is 0 Å².